The number of hydrogen-bond acceptors (Lipinski definition) is 3. The molecule has 0 unspecified atom stereocenters. The molecule has 0 aliphatic heterocycles. The van der Waals surface area contributed by atoms with Crippen LogP contribution in [0.4, 0.5) is 5.95 Å². The fourth-order valence-corrected chi connectivity index (χ4v) is 0.939. The summed E-state index contributed by atoms with van der Waals surface area (Å²) in [5.41, 5.74) is 1.29. The predicted molar refractivity (Wildman–Crippen MR) is 55.1 cm³/mol. The van der Waals surface area contributed by atoms with E-state index in [4.69, 9.17) is 0 Å². The molecule has 1 rings (SSSR count). The van der Waals surface area contributed by atoms with Crippen molar-refractivity contribution in [3.63, 3.8) is 0 Å². The van der Waals surface area contributed by atoms with Crippen molar-refractivity contribution in [1.29, 1.82) is 0 Å². The summed E-state index contributed by atoms with van der Waals surface area (Å²) in [4.78, 5) is 10.4. The van der Waals surface area contributed by atoms with Gasteiger partial charge in [0.25, 0.3) is 0 Å². The van der Waals surface area contributed by atoms with Gasteiger partial charge in [-0.3, -0.25) is 0 Å². The lowest BCUT2D eigenvalue weighted by Gasteiger charge is -2.18. The molecule has 1 aromatic rings. The Kier molecular flexibility index (Phi) is 2.55. The Labute approximate surface area is 79.8 Å². The third kappa shape index (κ3) is 2.41. The van der Waals surface area contributed by atoms with Gasteiger partial charge in [0.15, 0.2) is 0 Å². The fraction of sp³-hybridized carbons (Fsp3) is 0.600. The lowest BCUT2D eigenvalue weighted by atomic mass is 9.89. The molecule has 0 amide bonds. The van der Waals surface area contributed by atoms with Crippen LogP contribution in [0.3, 0.4) is 0 Å². The molecule has 72 valence electrons. The van der Waals surface area contributed by atoms with Crippen molar-refractivity contribution in [3.8, 4) is 0 Å². The summed E-state index contributed by atoms with van der Waals surface area (Å²) < 4.78 is 0. The third-order valence-corrected chi connectivity index (χ3v) is 1.90. The largest absolute Gasteiger partial charge is 0.347 e. The van der Waals surface area contributed by atoms with E-state index in [1.807, 2.05) is 31.4 Å². The van der Waals surface area contributed by atoms with E-state index in [0.717, 1.165) is 11.5 Å². The zero-order valence-corrected chi connectivity index (χ0v) is 9.00. The van der Waals surface area contributed by atoms with E-state index in [1.54, 1.807) is 0 Å². The summed E-state index contributed by atoms with van der Waals surface area (Å²) >= 11 is 0. The lowest BCUT2D eigenvalue weighted by Crippen LogP contribution is -2.16. The van der Waals surface area contributed by atoms with Crippen LogP contribution in [0.1, 0.15) is 26.3 Å². The SMILES string of the molecule is CN(C)c1ncc(C(C)(C)C)cn1. The number of aromatic nitrogens is 2. The molecule has 0 radical (unpaired) electrons. The van der Waals surface area contributed by atoms with Gasteiger partial charge in [0, 0.05) is 26.5 Å². The number of rotatable bonds is 1. The first-order valence-electron chi connectivity index (χ1n) is 4.41. The maximum absolute atomic E-state index is 4.26. The number of hydrogen-bond donors (Lipinski definition) is 0. The summed E-state index contributed by atoms with van der Waals surface area (Å²) in [6.45, 7) is 6.46. The normalized spacial score (nSPS) is 11.5. The number of nitrogens with zero attached hydrogens (tertiary/aromatic N) is 3. The second-order valence-electron chi connectivity index (χ2n) is 4.42. The van der Waals surface area contributed by atoms with E-state index in [9.17, 15) is 0 Å². The smallest absolute Gasteiger partial charge is 0.224 e. The molecule has 1 aromatic heterocycles. The van der Waals surface area contributed by atoms with Crippen molar-refractivity contribution in [3.05, 3.63) is 18.0 Å². The molecule has 3 nitrogen and oxygen atoms in total. The van der Waals surface area contributed by atoms with Crippen molar-refractivity contribution in [2.24, 2.45) is 0 Å². The molecule has 0 atom stereocenters. The topological polar surface area (TPSA) is 29.0 Å². The monoisotopic (exact) mass is 179 g/mol. The Morgan fingerprint density at radius 3 is 1.85 bits per heavy atom. The van der Waals surface area contributed by atoms with Gasteiger partial charge in [0.05, 0.1) is 0 Å². The molecule has 0 spiro atoms. The molecule has 0 aliphatic rings. The van der Waals surface area contributed by atoms with E-state index in [2.05, 4.69) is 30.7 Å². The highest BCUT2D eigenvalue weighted by Crippen LogP contribution is 2.20. The zero-order chi connectivity index (χ0) is 10.1. The highest BCUT2D eigenvalue weighted by atomic mass is 15.2. The Balaban J connectivity index is 2.94. The van der Waals surface area contributed by atoms with Gasteiger partial charge in [-0.1, -0.05) is 20.8 Å². The molecule has 0 aromatic carbocycles. The molecule has 1 heterocycles. The summed E-state index contributed by atoms with van der Waals surface area (Å²) in [7, 11) is 3.87. The summed E-state index contributed by atoms with van der Waals surface area (Å²) in [6, 6.07) is 0. The van der Waals surface area contributed by atoms with Gasteiger partial charge >= 0.3 is 0 Å². The first-order valence-corrected chi connectivity index (χ1v) is 4.41. The summed E-state index contributed by atoms with van der Waals surface area (Å²) in [5.74, 6) is 0.757. The minimum atomic E-state index is 0.130. The maximum atomic E-state index is 4.26. The Bertz CT molecular complexity index is 269. The van der Waals surface area contributed by atoms with E-state index in [-0.39, 0.29) is 5.41 Å². The lowest BCUT2D eigenvalue weighted by molar-refractivity contribution is 0.584. The molecule has 0 fully saturated rings. The van der Waals surface area contributed by atoms with Gasteiger partial charge in [-0.2, -0.15) is 0 Å². The average Bonchev–Trinajstić information content (AvgIpc) is 2.03. The first kappa shape index (κ1) is 9.96. The van der Waals surface area contributed by atoms with Crippen molar-refractivity contribution in [2.75, 3.05) is 19.0 Å². The molecule has 0 saturated heterocycles. The zero-order valence-electron chi connectivity index (χ0n) is 9.00. The average molecular weight is 179 g/mol. The molecule has 0 saturated carbocycles. The molecular weight excluding hydrogens is 162 g/mol. The van der Waals surface area contributed by atoms with Crippen molar-refractivity contribution in [2.45, 2.75) is 26.2 Å². The standard InChI is InChI=1S/C10H17N3/c1-10(2,3)8-6-11-9(12-7-8)13(4)5/h6-7H,1-5H3. The molecule has 3 heteroatoms. The van der Waals surface area contributed by atoms with Crippen LogP contribution < -0.4 is 4.90 Å². The van der Waals surface area contributed by atoms with Crippen LogP contribution in [0.2, 0.25) is 0 Å². The quantitative estimate of drug-likeness (QED) is 0.658. The molecule has 0 bridgehead atoms. The van der Waals surface area contributed by atoms with Crippen LogP contribution in [0, 0.1) is 0 Å². The fourth-order valence-electron chi connectivity index (χ4n) is 0.939. The van der Waals surface area contributed by atoms with Gasteiger partial charge in [-0.05, 0) is 11.0 Å². The van der Waals surface area contributed by atoms with Crippen molar-refractivity contribution < 1.29 is 0 Å². The number of anilines is 1. The van der Waals surface area contributed by atoms with Gasteiger partial charge < -0.3 is 4.90 Å². The predicted octanol–water partition coefficient (Wildman–Crippen LogP) is 1.84. The maximum Gasteiger partial charge on any atom is 0.224 e. The van der Waals surface area contributed by atoms with E-state index >= 15 is 0 Å². The van der Waals surface area contributed by atoms with Crippen LogP contribution >= 0.6 is 0 Å². The Morgan fingerprint density at radius 1 is 1.08 bits per heavy atom. The van der Waals surface area contributed by atoms with Crippen LogP contribution in [0.25, 0.3) is 0 Å². The highest BCUT2D eigenvalue weighted by Gasteiger charge is 2.14. The van der Waals surface area contributed by atoms with E-state index in [1.165, 1.54) is 0 Å². The van der Waals surface area contributed by atoms with Crippen LogP contribution in [-0.2, 0) is 5.41 Å². The highest BCUT2D eigenvalue weighted by molar-refractivity contribution is 5.28. The second kappa shape index (κ2) is 3.32. The second-order valence-corrected chi connectivity index (χ2v) is 4.42. The minimum Gasteiger partial charge on any atom is -0.347 e. The Morgan fingerprint density at radius 2 is 1.54 bits per heavy atom. The van der Waals surface area contributed by atoms with Gasteiger partial charge in [0.1, 0.15) is 0 Å². The van der Waals surface area contributed by atoms with Crippen LogP contribution in [-0.4, -0.2) is 24.1 Å². The van der Waals surface area contributed by atoms with Gasteiger partial charge in [0.2, 0.25) is 5.95 Å². The van der Waals surface area contributed by atoms with E-state index in [0.29, 0.717) is 0 Å². The van der Waals surface area contributed by atoms with Gasteiger partial charge in [-0.25, -0.2) is 9.97 Å². The molecule has 0 aliphatic carbocycles. The van der Waals surface area contributed by atoms with E-state index < -0.39 is 0 Å². The molecule has 13 heavy (non-hydrogen) atoms. The van der Waals surface area contributed by atoms with Crippen LogP contribution in [0.15, 0.2) is 12.4 Å². The molecule has 0 N–H and O–H groups in total. The van der Waals surface area contributed by atoms with Crippen LogP contribution in [0.5, 0.6) is 0 Å². The third-order valence-electron chi connectivity index (χ3n) is 1.90. The first-order chi connectivity index (χ1) is 5.91. The van der Waals surface area contributed by atoms with Crippen molar-refractivity contribution in [1.82, 2.24) is 9.97 Å². The Hall–Kier alpha value is -1.12. The van der Waals surface area contributed by atoms with Crippen molar-refractivity contribution >= 4 is 5.95 Å². The van der Waals surface area contributed by atoms with Gasteiger partial charge in [-0.15, -0.1) is 0 Å². The molecular formula is C10H17N3. The summed E-state index contributed by atoms with van der Waals surface area (Å²) in [6.07, 6.45) is 3.78. The minimum absolute atomic E-state index is 0.130. The summed E-state index contributed by atoms with van der Waals surface area (Å²) in [5, 5.41) is 0.